The number of nitrogens with zero attached hydrogens (tertiary/aromatic N) is 4. The molecule has 0 amide bonds. The molecule has 6 nitrogen and oxygen atoms in total. The van der Waals surface area contributed by atoms with Gasteiger partial charge >= 0.3 is 0 Å². The van der Waals surface area contributed by atoms with Gasteiger partial charge in [0.25, 0.3) is 0 Å². The molecule has 2 atom stereocenters. The van der Waals surface area contributed by atoms with Crippen LogP contribution in [0.5, 0.6) is 0 Å². The van der Waals surface area contributed by atoms with Gasteiger partial charge in [-0.1, -0.05) is 26.8 Å². The summed E-state index contributed by atoms with van der Waals surface area (Å²) in [6, 6.07) is 10.4. The summed E-state index contributed by atoms with van der Waals surface area (Å²) in [6.07, 6.45) is 3.87. The molecular weight excluding hydrogens is 336 g/mol. The highest BCUT2D eigenvalue weighted by atomic mass is 15.2. The van der Waals surface area contributed by atoms with Gasteiger partial charge in [-0.15, -0.1) is 0 Å². The SMILES string of the molecule is CC(C)CC1(C)CN(c2cccc(-c3[nH]nc4ncccc34)n2)CCC1N. The highest BCUT2D eigenvalue weighted by Crippen LogP contribution is 2.37. The minimum absolute atomic E-state index is 0.106. The van der Waals surface area contributed by atoms with Crippen LogP contribution in [0.2, 0.25) is 0 Å². The summed E-state index contributed by atoms with van der Waals surface area (Å²) in [5.41, 5.74) is 9.13. The van der Waals surface area contributed by atoms with Crippen LogP contribution < -0.4 is 10.6 Å². The van der Waals surface area contributed by atoms with Crippen molar-refractivity contribution in [3.63, 3.8) is 0 Å². The highest BCUT2D eigenvalue weighted by Gasteiger charge is 2.38. The molecule has 3 aromatic heterocycles. The molecule has 4 rings (SSSR count). The summed E-state index contributed by atoms with van der Waals surface area (Å²) in [6.45, 7) is 8.74. The van der Waals surface area contributed by atoms with Crippen molar-refractivity contribution in [3.05, 3.63) is 36.5 Å². The third-order valence-corrected chi connectivity index (χ3v) is 5.68. The fraction of sp³-hybridized carbons (Fsp3) is 0.476. The van der Waals surface area contributed by atoms with Gasteiger partial charge in [0.15, 0.2) is 5.65 Å². The predicted octanol–water partition coefficient (Wildman–Crippen LogP) is 3.61. The Balaban J connectivity index is 1.65. The number of hydrogen-bond donors (Lipinski definition) is 2. The number of aromatic amines is 1. The normalized spacial score (nSPS) is 23.3. The molecule has 2 unspecified atom stereocenters. The Hall–Kier alpha value is -2.47. The van der Waals surface area contributed by atoms with Gasteiger partial charge in [0.1, 0.15) is 5.82 Å². The van der Waals surface area contributed by atoms with Gasteiger partial charge in [-0.2, -0.15) is 5.10 Å². The molecule has 1 fully saturated rings. The molecule has 1 aliphatic heterocycles. The molecule has 0 bridgehead atoms. The summed E-state index contributed by atoms with van der Waals surface area (Å²) in [4.78, 5) is 11.6. The fourth-order valence-electron chi connectivity index (χ4n) is 4.40. The summed E-state index contributed by atoms with van der Waals surface area (Å²) in [5.74, 6) is 1.63. The minimum atomic E-state index is 0.106. The van der Waals surface area contributed by atoms with Gasteiger partial charge in [-0.25, -0.2) is 9.97 Å². The molecule has 0 aromatic carbocycles. The number of nitrogens with two attached hydrogens (primary N) is 1. The second-order valence-corrected chi connectivity index (χ2v) is 8.42. The zero-order chi connectivity index (χ0) is 19.0. The maximum absolute atomic E-state index is 6.50. The second-order valence-electron chi connectivity index (χ2n) is 8.42. The lowest BCUT2D eigenvalue weighted by Gasteiger charge is -2.46. The van der Waals surface area contributed by atoms with Crippen molar-refractivity contribution in [2.24, 2.45) is 17.1 Å². The number of anilines is 1. The Kier molecular flexibility index (Phi) is 4.60. The standard InChI is InChI=1S/C21H28N6/c1-14(2)12-21(3)13-27(11-9-17(21)22)18-8-4-7-16(24-18)19-15-6-5-10-23-20(15)26-25-19/h4-8,10,14,17H,9,11-13,22H2,1-3H3,(H,23,25,26). The fourth-order valence-corrected chi connectivity index (χ4v) is 4.40. The average Bonchev–Trinajstić information content (AvgIpc) is 3.08. The average molecular weight is 364 g/mol. The number of nitrogens with one attached hydrogen (secondary N) is 1. The van der Waals surface area contributed by atoms with Crippen LogP contribution in [0.3, 0.4) is 0 Å². The van der Waals surface area contributed by atoms with Crippen molar-refractivity contribution in [2.75, 3.05) is 18.0 Å². The lowest BCUT2D eigenvalue weighted by Crippen LogP contribution is -2.54. The largest absolute Gasteiger partial charge is 0.356 e. The number of fused-ring (bicyclic) bond motifs is 1. The molecule has 27 heavy (non-hydrogen) atoms. The number of aromatic nitrogens is 4. The lowest BCUT2D eigenvalue weighted by molar-refractivity contribution is 0.176. The van der Waals surface area contributed by atoms with Crippen molar-refractivity contribution in [2.45, 2.75) is 39.7 Å². The Labute approximate surface area is 160 Å². The van der Waals surface area contributed by atoms with E-state index in [1.165, 1.54) is 0 Å². The van der Waals surface area contributed by atoms with E-state index in [9.17, 15) is 0 Å². The van der Waals surface area contributed by atoms with Crippen LogP contribution in [0, 0.1) is 11.3 Å². The number of H-pyrrole nitrogens is 1. The van der Waals surface area contributed by atoms with E-state index in [1.54, 1.807) is 6.20 Å². The molecule has 4 heterocycles. The van der Waals surface area contributed by atoms with Gasteiger partial charge in [0.05, 0.1) is 11.4 Å². The van der Waals surface area contributed by atoms with Gasteiger partial charge < -0.3 is 10.6 Å². The van der Waals surface area contributed by atoms with Gasteiger partial charge in [-0.05, 0) is 43.0 Å². The van der Waals surface area contributed by atoms with E-state index in [0.29, 0.717) is 11.6 Å². The Morgan fingerprint density at radius 2 is 2.15 bits per heavy atom. The van der Waals surface area contributed by atoms with Crippen molar-refractivity contribution < 1.29 is 0 Å². The van der Waals surface area contributed by atoms with Gasteiger partial charge in [-0.3, -0.25) is 5.10 Å². The van der Waals surface area contributed by atoms with Crippen LogP contribution >= 0.6 is 0 Å². The molecule has 1 saturated heterocycles. The minimum Gasteiger partial charge on any atom is -0.356 e. The van der Waals surface area contributed by atoms with E-state index in [2.05, 4.69) is 53.0 Å². The Morgan fingerprint density at radius 3 is 2.96 bits per heavy atom. The van der Waals surface area contributed by atoms with E-state index < -0.39 is 0 Å². The van der Waals surface area contributed by atoms with E-state index in [4.69, 9.17) is 10.7 Å². The van der Waals surface area contributed by atoms with E-state index >= 15 is 0 Å². The molecule has 0 radical (unpaired) electrons. The van der Waals surface area contributed by atoms with Crippen molar-refractivity contribution in [1.82, 2.24) is 20.2 Å². The maximum Gasteiger partial charge on any atom is 0.181 e. The second kappa shape index (κ2) is 6.93. The predicted molar refractivity (Wildman–Crippen MR) is 109 cm³/mol. The van der Waals surface area contributed by atoms with Gasteiger partial charge in [0, 0.05) is 36.1 Å². The molecule has 142 valence electrons. The quantitative estimate of drug-likeness (QED) is 0.739. The number of hydrogen-bond acceptors (Lipinski definition) is 5. The molecular formula is C21H28N6. The van der Waals surface area contributed by atoms with Crippen LogP contribution in [0.4, 0.5) is 5.82 Å². The zero-order valence-electron chi connectivity index (χ0n) is 16.3. The zero-order valence-corrected chi connectivity index (χ0v) is 16.3. The summed E-state index contributed by atoms with van der Waals surface area (Å²) < 4.78 is 0. The first kappa shape index (κ1) is 17.9. The molecule has 6 heteroatoms. The van der Waals surface area contributed by atoms with Crippen LogP contribution in [0.25, 0.3) is 22.4 Å². The molecule has 1 aliphatic rings. The smallest absolute Gasteiger partial charge is 0.181 e. The monoisotopic (exact) mass is 364 g/mol. The summed E-state index contributed by atoms with van der Waals surface area (Å²) >= 11 is 0. The third-order valence-electron chi connectivity index (χ3n) is 5.68. The number of pyridine rings is 2. The van der Waals surface area contributed by atoms with Crippen LogP contribution in [-0.2, 0) is 0 Å². The Morgan fingerprint density at radius 1 is 1.30 bits per heavy atom. The molecule has 0 aliphatic carbocycles. The van der Waals surface area contributed by atoms with Crippen LogP contribution in [-0.4, -0.2) is 39.3 Å². The van der Waals surface area contributed by atoms with Gasteiger partial charge in [0.2, 0.25) is 0 Å². The first-order chi connectivity index (χ1) is 13.0. The number of piperidine rings is 1. The molecule has 0 spiro atoms. The third kappa shape index (κ3) is 3.41. The Bertz CT molecular complexity index is 933. The van der Waals surface area contributed by atoms with Crippen molar-refractivity contribution in [1.29, 1.82) is 0 Å². The van der Waals surface area contributed by atoms with Crippen LogP contribution in [0.15, 0.2) is 36.5 Å². The topological polar surface area (TPSA) is 83.7 Å². The first-order valence-electron chi connectivity index (χ1n) is 9.73. The summed E-state index contributed by atoms with van der Waals surface area (Å²) in [5, 5.41) is 8.39. The lowest BCUT2D eigenvalue weighted by atomic mass is 9.72. The number of rotatable bonds is 4. The first-order valence-corrected chi connectivity index (χ1v) is 9.73. The summed E-state index contributed by atoms with van der Waals surface area (Å²) in [7, 11) is 0. The highest BCUT2D eigenvalue weighted by molar-refractivity contribution is 5.89. The molecule has 0 saturated carbocycles. The molecule has 3 aromatic rings. The maximum atomic E-state index is 6.50. The van der Waals surface area contributed by atoms with E-state index in [-0.39, 0.29) is 11.5 Å². The van der Waals surface area contributed by atoms with E-state index in [1.807, 2.05) is 18.2 Å². The molecule has 3 N–H and O–H groups in total. The van der Waals surface area contributed by atoms with E-state index in [0.717, 1.165) is 48.5 Å². The van der Waals surface area contributed by atoms with Crippen molar-refractivity contribution in [3.8, 4) is 11.4 Å². The van der Waals surface area contributed by atoms with Crippen molar-refractivity contribution >= 4 is 16.9 Å². The van der Waals surface area contributed by atoms with Crippen LogP contribution in [0.1, 0.15) is 33.6 Å².